The van der Waals surface area contributed by atoms with E-state index in [1.807, 2.05) is 0 Å². The van der Waals surface area contributed by atoms with Gasteiger partial charge in [-0.3, -0.25) is 0 Å². The van der Waals surface area contributed by atoms with E-state index >= 15 is 0 Å². The minimum atomic E-state index is 0.529. The summed E-state index contributed by atoms with van der Waals surface area (Å²) in [4.78, 5) is 0. The molecule has 102 valence electrons. The Hall–Kier alpha value is -0.820. The fraction of sp³-hybridized carbons (Fsp3) is 0.647. The predicted molar refractivity (Wildman–Crippen MR) is 81.1 cm³/mol. The minimum absolute atomic E-state index is 0.529. The Bertz CT molecular complexity index is 315. The number of unbranched alkanes of at least 4 members (excludes halogenated alkanes) is 1. The van der Waals surface area contributed by atoms with Crippen LogP contribution in [-0.4, -0.2) is 6.54 Å². The Balaban J connectivity index is 2.73. The molecule has 0 heterocycles. The number of hydrogen-bond acceptors (Lipinski definition) is 1. The van der Waals surface area contributed by atoms with E-state index in [1.165, 1.54) is 36.8 Å². The summed E-state index contributed by atoms with van der Waals surface area (Å²) in [6.45, 7) is 10.0. The zero-order valence-electron chi connectivity index (χ0n) is 12.5. The quantitative estimate of drug-likeness (QED) is 0.678. The van der Waals surface area contributed by atoms with Crippen LogP contribution in [-0.2, 0) is 0 Å². The molecule has 0 radical (unpaired) electrons. The second-order valence-corrected chi connectivity index (χ2v) is 5.23. The summed E-state index contributed by atoms with van der Waals surface area (Å²) in [5, 5.41) is 3.60. The van der Waals surface area contributed by atoms with Crippen molar-refractivity contribution in [1.82, 2.24) is 5.32 Å². The number of nitrogens with one attached hydrogen (secondary N) is 1. The Morgan fingerprint density at radius 3 is 2.11 bits per heavy atom. The van der Waals surface area contributed by atoms with Crippen LogP contribution in [0, 0.1) is 0 Å². The Kier molecular flexibility index (Phi) is 7.04. The number of rotatable bonds is 8. The van der Waals surface area contributed by atoms with Crippen LogP contribution in [0.15, 0.2) is 24.3 Å². The maximum Gasteiger partial charge on any atom is 0.0320 e. The third kappa shape index (κ3) is 4.45. The molecule has 0 fully saturated rings. The van der Waals surface area contributed by atoms with Crippen LogP contribution in [0.1, 0.15) is 76.5 Å². The predicted octanol–water partition coefficient (Wildman–Crippen LogP) is 5.04. The van der Waals surface area contributed by atoms with Crippen LogP contribution >= 0.6 is 0 Å². The first-order valence-electron chi connectivity index (χ1n) is 7.56. The smallest absolute Gasteiger partial charge is 0.0320 e. The molecule has 0 bridgehead atoms. The summed E-state index contributed by atoms with van der Waals surface area (Å²) in [7, 11) is 0. The highest BCUT2D eigenvalue weighted by molar-refractivity contribution is 5.27. The molecule has 1 aromatic rings. The van der Waals surface area contributed by atoms with Gasteiger partial charge in [-0.15, -0.1) is 0 Å². The molecular weight excluding hydrogens is 218 g/mol. The van der Waals surface area contributed by atoms with E-state index < -0.39 is 0 Å². The highest BCUT2D eigenvalue weighted by Crippen LogP contribution is 2.23. The third-order valence-electron chi connectivity index (χ3n) is 3.82. The first-order valence-corrected chi connectivity index (χ1v) is 7.56. The van der Waals surface area contributed by atoms with Crippen LogP contribution in [0.3, 0.4) is 0 Å². The van der Waals surface area contributed by atoms with Crippen LogP contribution in [0.4, 0.5) is 0 Å². The highest BCUT2D eigenvalue weighted by atomic mass is 14.9. The Morgan fingerprint density at radius 1 is 1.00 bits per heavy atom. The molecule has 0 aliphatic carbocycles. The van der Waals surface area contributed by atoms with Gasteiger partial charge in [-0.2, -0.15) is 0 Å². The van der Waals surface area contributed by atoms with Gasteiger partial charge in [0.2, 0.25) is 0 Å². The van der Waals surface area contributed by atoms with Gasteiger partial charge in [0.25, 0.3) is 0 Å². The third-order valence-corrected chi connectivity index (χ3v) is 3.82. The van der Waals surface area contributed by atoms with Crippen molar-refractivity contribution in [3.63, 3.8) is 0 Å². The van der Waals surface area contributed by atoms with Crippen LogP contribution in [0.5, 0.6) is 0 Å². The first-order chi connectivity index (χ1) is 8.72. The van der Waals surface area contributed by atoms with Crippen LogP contribution in [0.2, 0.25) is 0 Å². The average molecular weight is 247 g/mol. The van der Waals surface area contributed by atoms with Crippen LogP contribution in [0.25, 0.3) is 0 Å². The van der Waals surface area contributed by atoms with Crippen molar-refractivity contribution in [3.05, 3.63) is 35.4 Å². The van der Waals surface area contributed by atoms with Crippen molar-refractivity contribution in [3.8, 4) is 0 Å². The van der Waals surface area contributed by atoms with Crippen molar-refractivity contribution in [2.75, 3.05) is 6.54 Å². The molecule has 1 aromatic carbocycles. The van der Waals surface area contributed by atoms with Gasteiger partial charge in [-0.05, 0) is 36.4 Å². The lowest BCUT2D eigenvalue weighted by Crippen LogP contribution is -2.20. The zero-order valence-corrected chi connectivity index (χ0v) is 12.5. The van der Waals surface area contributed by atoms with E-state index in [4.69, 9.17) is 0 Å². The molecule has 1 nitrogen and oxygen atoms in total. The summed E-state index contributed by atoms with van der Waals surface area (Å²) >= 11 is 0. The standard InChI is InChI=1S/C17H29N/c1-5-8-9-17(18-7-3)16-12-10-15(11-13-16)14(4)6-2/h10-14,17-18H,5-9H2,1-4H3. The van der Waals surface area contributed by atoms with Gasteiger partial charge in [-0.25, -0.2) is 0 Å². The summed E-state index contributed by atoms with van der Waals surface area (Å²) in [6, 6.07) is 9.76. The fourth-order valence-electron chi connectivity index (χ4n) is 2.33. The molecule has 0 aliphatic heterocycles. The van der Waals surface area contributed by atoms with Crippen molar-refractivity contribution in [2.24, 2.45) is 0 Å². The molecule has 1 N–H and O–H groups in total. The second kappa shape index (κ2) is 8.31. The number of benzene rings is 1. The summed E-state index contributed by atoms with van der Waals surface area (Å²) in [5.74, 6) is 0.673. The van der Waals surface area contributed by atoms with E-state index in [0.29, 0.717) is 12.0 Å². The van der Waals surface area contributed by atoms with Gasteiger partial charge in [0, 0.05) is 6.04 Å². The van der Waals surface area contributed by atoms with Gasteiger partial charge < -0.3 is 5.32 Å². The van der Waals surface area contributed by atoms with E-state index in [1.54, 1.807) is 0 Å². The van der Waals surface area contributed by atoms with Gasteiger partial charge >= 0.3 is 0 Å². The van der Waals surface area contributed by atoms with E-state index in [-0.39, 0.29) is 0 Å². The zero-order chi connectivity index (χ0) is 13.4. The molecule has 0 spiro atoms. The SMILES string of the molecule is CCCCC(NCC)c1ccc(C(C)CC)cc1. The molecule has 0 aliphatic rings. The van der Waals surface area contributed by atoms with Gasteiger partial charge in [0.1, 0.15) is 0 Å². The summed E-state index contributed by atoms with van der Waals surface area (Å²) in [5.41, 5.74) is 2.91. The van der Waals surface area contributed by atoms with E-state index in [2.05, 4.69) is 57.3 Å². The van der Waals surface area contributed by atoms with Gasteiger partial charge in [0.15, 0.2) is 0 Å². The normalized spacial score (nSPS) is 14.4. The lowest BCUT2D eigenvalue weighted by atomic mass is 9.94. The number of hydrogen-bond donors (Lipinski definition) is 1. The van der Waals surface area contributed by atoms with Crippen LogP contribution < -0.4 is 5.32 Å². The molecule has 1 heteroatoms. The van der Waals surface area contributed by atoms with Crippen molar-refractivity contribution >= 4 is 0 Å². The fourth-order valence-corrected chi connectivity index (χ4v) is 2.33. The van der Waals surface area contributed by atoms with E-state index in [9.17, 15) is 0 Å². The minimum Gasteiger partial charge on any atom is -0.310 e. The Morgan fingerprint density at radius 2 is 1.61 bits per heavy atom. The average Bonchev–Trinajstić information content (AvgIpc) is 2.43. The lowest BCUT2D eigenvalue weighted by Gasteiger charge is -2.19. The van der Waals surface area contributed by atoms with E-state index in [0.717, 1.165) is 6.54 Å². The monoisotopic (exact) mass is 247 g/mol. The summed E-state index contributed by atoms with van der Waals surface area (Å²) < 4.78 is 0. The Labute approximate surface area is 113 Å². The molecule has 18 heavy (non-hydrogen) atoms. The molecule has 2 atom stereocenters. The molecule has 0 amide bonds. The largest absolute Gasteiger partial charge is 0.310 e. The van der Waals surface area contributed by atoms with Crippen molar-refractivity contribution < 1.29 is 0 Å². The molecular formula is C17H29N. The van der Waals surface area contributed by atoms with Crippen molar-refractivity contribution in [1.29, 1.82) is 0 Å². The summed E-state index contributed by atoms with van der Waals surface area (Å²) in [6.07, 6.45) is 5.02. The molecule has 2 unspecified atom stereocenters. The second-order valence-electron chi connectivity index (χ2n) is 5.23. The topological polar surface area (TPSA) is 12.0 Å². The molecule has 1 rings (SSSR count). The van der Waals surface area contributed by atoms with Gasteiger partial charge in [0.05, 0.1) is 0 Å². The molecule has 0 aromatic heterocycles. The lowest BCUT2D eigenvalue weighted by molar-refractivity contribution is 0.494. The molecule has 0 saturated heterocycles. The maximum atomic E-state index is 3.60. The van der Waals surface area contributed by atoms with Crippen molar-refractivity contribution in [2.45, 2.75) is 65.3 Å². The van der Waals surface area contributed by atoms with Gasteiger partial charge in [-0.1, -0.05) is 64.8 Å². The molecule has 0 saturated carbocycles. The maximum absolute atomic E-state index is 3.60. The first kappa shape index (κ1) is 15.2. The highest BCUT2D eigenvalue weighted by Gasteiger charge is 2.10.